The van der Waals surface area contributed by atoms with Gasteiger partial charge in [0.05, 0.1) is 7.11 Å². The Morgan fingerprint density at radius 1 is 1.07 bits per heavy atom. The van der Waals surface area contributed by atoms with Crippen molar-refractivity contribution in [3.63, 3.8) is 0 Å². The molecule has 0 amide bonds. The topological polar surface area (TPSA) is 9.23 Å². The summed E-state index contributed by atoms with van der Waals surface area (Å²) in [6, 6.07) is 8.33. The number of rotatable bonds is 3. The van der Waals surface area contributed by atoms with Gasteiger partial charge >= 0.3 is 0 Å². The minimum atomic E-state index is 0.533. The third-order valence-corrected chi connectivity index (χ3v) is 3.00. The fraction of sp³-hybridized carbons (Fsp3) is 0.286. The van der Waals surface area contributed by atoms with E-state index in [1.54, 1.807) is 7.11 Å². The Bertz CT molecular complexity index is 361. The third kappa shape index (κ3) is 2.12. The average molecular weight is 200 g/mol. The van der Waals surface area contributed by atoms with Crippen LogP contribution in [0.15, 0.2) is 48.6 Å². The summed E-state index contributed by atoms with van der Waals surface area (Å²) < 4.78 is 5.15. The van der Waals surface area contributed by atoms with Crippen LogP contribution in [-0.4, -0.2) is 7.11 Å². The summed E-state index contributed by atoms with van der Waals surface area (Å²) in [7, 11) is 1.70. The Hall–Kier alpha value is -1.50. The molecule has 78 valence electrons. The van der Waals surface area contributed by atoms with Crippen LogP contribution in [0.2, 0.25) is 0 Å². The number of hydrogen-bond acceptors (Lipinski definition) is 1. The van der Waals surface area contributed by atoms with Gasteiger partial charge in [0.1, 0.15) is 5.75 Å². The molecule has 0 aromatic heterocycles. The second-order valence-corrected chi connectivity index (χ2v) is 3.91. The van der Waals surface area contributed by atoms with Gasteiger partial charge in [-0.2, -0.15) is 0 Å². The van der Waals surface area contributed by atoms with E-state index >= 15 is 0 Å². The van der Waals surface area contributed by atoms with E-state index in [0.717, 1.165) is 5.75 Å². The van der Waals surface area contributed by atoms with Gasteiger partial charge in [-0.3, -0.25) is 0 Å². The van der Waals surface area contributed by atoms with Crippen molar-refractivity contribution in [1.82, 2.24) is 0 Å². The molecule has 2 rings (SSSR count). The number of ether oxygens (including phenoxy) is 1. The molecule has 1 aliphatic rings. The quantitative estimate of drug-likeness (QED) is 0.725. The van der Waals surface area contributed by atoms with Gasteiger partial charge in [-0.15, -0.1) is 0 Å². The summed E-state index contributed by atoms with van der Waals surface area (Å²) in [5, 5.41) is 0. The summed E-state index contributed by atoms with van der Waals surface area (Å²) >= 11 is 0. The fourth-order valence-corrected chi connectivity index (χ4v) is 1.91. The fourth-order valence-electron chi connectivity index (χ4n) is 1.91. The van der Waals surface area contributed by atoms with E-state index in [1.807, 2.05) is 12.1 Å². The van der Waals surface area contributed by atoms with E-state index in [0.29, 0.717) is 11.8 Å². The normalized spacial score (nSPS) is 16.9. The third-order valence-electron chi connectivity index (χ3n) is 3.00. The van der Waals surface area contributed by atoms with Crippen molar-refractivity contribution in [3.05, 3.63) is 54.1 Å². The summed E-state index contributed by atoms with van der Waals surface area (Å²) in [4.78, 5) is 0. The van der Waals surface area contributed by atoms with Gasteiger partial charge in [0.15, 0.2) is 0 Å². The highest BCUT2D eigenvalue weighted by molar-refractivity contribution is 5.32. The van der Waals surface area contributed by atoms with Crippen molar-refractivity contribution >= 4 is 0 Å². The largest absolute Gasteiger partial charge is 0.497 e. The molecule has 1 atom stereocenters. The number of methoxy groups -OCH3 is 1. The maximum Gasteiger partial charge on any atom is 0.118 e. The molecule has 15 heavy (non-hydrogen) atoms. The summed E-state index contributed by atoms with van der Waals surface area (Å²) in [5.41, 5.74) is 1.36. The van der Waals surface area contributed by atoms with E-state index < -0.39 is 0 Å². The molecule has 1 aromatic rings. The first kappa shape index (κ1) is 10.0. The molecule has 0 fully saturated rings. The van der Waals surface area contributed by atoms with Crippen molar-refractivity contribution in [2.24, 2.45) is 5.92 Å². The molecule has 0 aliphatic heterocycles. The molecule has 0 bridgehead atoms. The van der Waals surface area contributed by atoms with Gasteiger partial charge in [0.25, 0.3) is 0 Å². The smallest absolute Gasteiger partial charge is 0.118 e. The molecule has 1 aliphatic carbocycles. The van der Waals surface area contributed by atoms with Crippen molar-refractivity contribution in [2.75, 3.05) is 7.11 Å². The van der Waals surface area contributed by atoms with Crippen molar-refractivity contribution in [1.29, 1.82) is 0 Å². The Kier molecular flexibility index (Phi) is 2.91. The molecule has 0 saturated heterocycles. The number of hydrogen-bond donors (Lipinski definition) is 0. The molecule has 1 unspecified atom stereocenters. The first-order chi connectivity index (χ1) is 7.31. The molecule has 1 nitrogen and oxygen atoms in total. The maximum absolute atomic E-state index is 5.15. The van der Waals surface area contributed by atoms with Crippen LogP contribution in [0.1, 0.15) is 18.4 Å². The van der Waals surface area contributed by atoms with Crippen molar-refractivity contribution < 1.29 is 4.74 Å². The van der Waals surface area contributed by atoms with Crippen LogP contribution in [0, 0.1) is 5.92 Å². The lowest BCUT2D eigenvalue weighted by molar-refractivity contribution is 0.414. The average Bonchev–Trinajstić information content (AvgIpc) is 2.82. The Labute approximate surface area is 91.1 Å². The van der Waals surface area contributed by atoms with E-state index in [1.165, 1.54) is 5.56 Å². The molecule has 0 heterocycles. The van der Waals surface area contributed by atoms with E-state index in [2.05, 4.69) is 43.4 Å². The summed E-state index contributed by atoms with van der Waals surface area (Å²) in [6.45, 7) is 2.26. The molecule has 0 saturated carbocycles. The van der Waals surface area contributed by atoms with Crippen molar-refractivity contribution in [2.45, 2.75) is 12.8 Å². The Morgan fingerprint density at radius 2 is 1.67 bits per heavy atom. The van der Waals surface area contributed by atoms with E-state index in [9.17, 15) is 0 Å². The highest BCUT2D eigenvalue weighted by atomic mass is 16.5. The molecule has 1 heteroatoms. The maximum atomic E-state index is 5.15. The molecule has 0 N–H and O–H groups in total. The molecular formula is C14H16O. The summed E-state index contributed by atoms with van der Waals surface area (Å²) in [6.07, 6.45) is 8.72. The van der Waals surface area contributed by atoms with Gasteiger partial charge in [0, 0.05) is 5.92 Å². The lowest BCUT2D eigenvalue weighted by atomic mass is 9.89. The number of allylic oxidation sites excluding steroid dienone is 4. The standard InChI is InChI=1S/C14H16O/c1-11(12-5-3-4-6-12)13-7-9-14(15-2)10-8-13/h3-12H,1-2H3. The SMILES string of the molecule is COc1ccc(C(C)C2C=CC=C2)cc1. The highest BCUT2D eigenvalue weighted by Crippen LogP contribution is 2.29. The predicted octanol–water partition coefficient (Wildman–Crippen LogP) is 3.54. The lowest BCUT2D eigenvalue weighted by Crippen LogP contribution is -2.03. The molecule has 0 spiro atoms. The van der Waals surface area contributed by atoms with Crippen molar-refractivity contribution in [3.8, 4) is 5.75 Å². The zero-order valence-corrected chi connectivity index (χ0v) is 9.18. The zero-order valence-electron chi connectivity index (χ0n) is 9.18. The zero-order chi connectivity index (χ0) is 10.7. The van der Waals surface area contributed by atoms with Crippen LogP contribution in [0.25, 0.3) is 0 Å². The monoisotopic (exact) mass is 200 g/mol. The van der Waals surface area contributed by atoms with Crippen LogP contribution < -0.4 is 4.74 Å². The van der Waals surface area contributed by atoms with Gasteiger partial charge in [0.2, 0.25) is 0 Å². The Balaban J connectivity index is 2.14. The highest BCUT2D eigenvalue weighted by Gasteiger charge is 2.15. The summed E-state index contributed by atoms with van der Waals surface area (Å²) in [5.74, 6) is 1.99. The van der Waals surface area contributed by atoms with Crippen LogP contribution in [0.5, 0.6) is 5.75 Å². The minimum Gasteiger partial charge on any atom is -0.497 e. The van der Waals surface area contributed by atoms with Crippen LogP contribution in [0.3, 0.4) is 0 Å². The van der Waals surface area contributed by atoms with Gasteiger partial charge in [-0.1, -0.05) is 43.4 Å². The van der Waals surface area contributed by atoms with Crippen LogP contribution in [-0.2, 0) is 0 Å². The Morgan fingerprint density at radius 3 is 2.20 bits per heavy atom. The van der Waals surface area contributed by atoms with Crippen LogP contribution in [0.4, 0.5) is 0 Å². The van der Waals surface area contributed by atoms with E-state index in [-0.39, 0.29) is 0 Å². The number of benzene rings is 1. The van der Waals surface area contributed by atoms with E-state index in [4.69, 9.17) is 4.74 Å². The predicted molar refractivity (Wildman–Crippen MR) is 63.2 cm³/mol. The molecule has 0 radical (unpaired) electrons. The van der Waals surface area contributed by atoms with Gasteiger partial charge in [-0.25, -0.2) is 0 Å². The first-order valence-electron chi connectivity index (χ1n) is 5.30. The second kappa shape index (κ2) is 4.35. The molecular weight excluding hydrogens is 184 g/mol. The van der Waals surface area contributed by atoms with Gasteiger partial charge in [-0.05, 0) is 23.6 Å². The lowest BCUT2D eigenvalue weighted by Gasteiger charge is -2.16. The minimum absolute atomic E-state index is 0.533. The van der Waals surface area contributed by atoms with Crippen LogP contribution >= 0.6 is 0 Å². The molecule has 1 aromatic carbocycles. The second-order valence-electron chi connectivity index (χ2n) is 3.91. The first-order valence-corrected chi connectivity index (χ1v) is 5.30. The van der Waals surface area contributed by atoms with Gasteiger partial charge < -0.3 is 4.74 Å².